The van der Waals surface area contributed by atoms with Crippen molar-refractivity contribution in [1.29, 1.82) is 0 Å². The SMILES string of the molecule is CC(=O)C#Cc1ccc(C(C)(C)C)c(C(C)(C)C)c1. The van der Waals surface area contributed by atoms with Crippen molar-refractivity contribution < 1.29 is 4.79 Å². The highest BCUT2D eigenvalue weighted by molar-refractivity contribution is 5.93. The summed E-state index contributed by atoms with van der Waals surface area (Å²) >= 11 is 0. The topological polar surface area (TPSA) is 17.1 Å². The van der Waals surface area contributed by atoms with Gasteiger partial charge < -0.3 is 0 Å². The normalized spacial score (nSPS) is 11.7. The van der Waals surface area contributed by atoms with Crippen LogP contribution in [-0.4, -0.2) is 5.78 Å². The molecule has 0 aliphatic carbocycles. The molecule has 0 heterocycles. The number of hydrogen-bond acceptors (Lipinski definition) is 1. The Labute approximate surface area is 117 Å². The van der Waals surface area contributed by atoms with Crippen molar-refractivity contribution >= 4 is 5.78 Å². The first-order chi connectivity index (χ1) is 8.51. The molecule has 0 atom stereocenters. The van der Waals surface area contributed by atoms with Gasteiger partial charge in [0.25, 0.3) is 0 Å². The third-order valence-corrected chi connectivity index (χ3v) is 3.02. The van der Waals surface area contributed by atoms with Gasteiger partial charge in [-0.15, -0.1) is 0 Å². The van der Waals surface area contributed by atoms with E-state index in [1.807, 2.05) is 6.07 Å². The van der Waals surface area contributed by atoms with Gasteiger partial charge in [0.1, 0.15) is 0 Å². The van der Waals surface area contributed by atoms with Gasteiger partial charge in [0.15, 0.2) is 0 Å². The highest BCUT2D eigenvalue weighted by Crippen LogP contribution is 2.34. The molecule has 0 unspecified atom stereocenters. The highest BCUT2D eigenvalue weighted by Gasteiger charge is 2.24. The summed E-state index contributed by atoms with van der Waals surface area (Å²) in [6, 6.07) is 6.27. The zero-order valence-electron chi connectivity index (χ0n) is 13.1. The summed E-state index contributed by atoms with van der Waals surface area (Å²) in [7, 11) is 0. The van der Waals surface area contributed by atoms with Crippen LogP contribution in [-0.2, 0) is 15.6 Å². The number of hydrogen-bond donors (Lipinski definition) is 0. The molecule has 1 aromatic carbocycles. The number of rotatable bonds is 0. The molecule has 0 saturated heterocycles. The van der Waals surface area contributed by atoms with Gasteiger partial charge in [0, 0.05) is 12.5 Å². The molecule has 0 fully saturated rings. The Kier molecular flexibility index (Phi) is 4.25. The summed E-state index contributed by atoms with van der Waals surface area (Å²) in [6.45, 7) is 14.8. The second kappa shape index (κ2) is 5.21. The Morgan fingerprint density at radius 3 is 1.89 bits per heavy atom. The van der Waals surface area contributed by atoms with Gasteiger partial charge in [0.2, 0.25) is 5.78 Å². The number of benzene rings is 1. The molecule has 1 heteroatoms. The number of ketones is 1. The van der Waals surface area contributed by atoms with Crippen LogP contribution in [0.15, 0.2) is 18.2 Å². The lowest BCUT2D eigenvalue weighted by molar-refractivity contribution is -0.111. The summed E-state index contributed by atoms with van der Waals surface area (Å²) in [5.74, 6) is 5.45. The van der Waals surface area contributed by atoms with Gasteiger partial charge in [0.05, 0.1) is 0 Å². The van der Waals surface area contributed by atoms with Gasteiger partial charge in [-0.25, -0.2) is 0 Å². The molecule has 102 valence electrons. The number of carbonyl (C=O) groups excluding carboxylic acids is 1. The molecule has 0 aliphatic rings. The number of Topliss-reactive ketones (excluding diaryl/α,β-unsaturated/α-hetero) is 1. The van der Waals surface area contributed by atoms with Crippen LogP contribution in [0.25, 0.3) is 0 Å². The van der Waals surface area contributed by atoms with Crippen molar-refractivity contribution in [2.45, 2.75) is 59.3 Å². The third kappa shape index (κ3) is 4.24. The summed E-state index contributed by atoms with van der Waals surface area (Å²) in [5.41, 5.74) is 3.72. The monoisotopic (exact) mass is 256 g/mol. The van der Waals surface area contributed by atoms with E-state index in [9.17, 15) is 4.79 Å². The Hall–Kier alpha value is -1.55. The quantitative estimate of drug-likeness (QED) is 0.635. The lowest BCUT2D eigenvalue weighted by Gasteiger charge is -2.30. The van der Waals surface area contributed by atoms with Crippen molar-refractivity contribution in [3.63, 3.8) is 0 Å². The zero-order chi connectivity index (χ0) is 14.8. The van der Waals surface area contributed by atoms with Gasteiger partial charge in [-0.05, 0) is 40.0 Å². The van der Waals surface area contributed by atoms with Crippen LogP contribution in [0.1, 0.15) is 65.2 Å². The second-order valence-electron chi connectivity index (χ2n) is 7.07. The maximum atomic E-state index is 11.0. The van der Waals surface area contributed by atoms with Crippen LogP contribution in [0.3, 0.4) is 0 Å². The molecule has 0 aromatic heterocycles. The maximum absolute atomic E-state index is 11.0. The largest absolute Gasteiger partial charge is 0.285 e. The minimum atomic E-state index is -0.0998. The fourth-order valence-electron chi connectivity index (χ4n) is 2.06. The minimum Gasteiger partial charge on any atom is -0.285 e. The van der Waals surface area contributed by atoms with Crippen LogP contribution in [0, 0.1) is 11.8 Å². The second-order valence-corrected chi connectivity index (χ2v) is 7.07. The third-order valence-electron chi connectivity index (χ3n) is 3.02. The molecule has 0 N–H and O–H groups in total. The van der Waals surface area contributed by atoms with Crippen molar-refractivity contribution in [3.8, 4) is 11.8 Å². The molecule has 19 heavy (non-hydrogen) atoms. The predicted molar refractivity (Wildman–Crippen MR) is 81.4 cm³/mol. The van der Waals surface area contributed by atoms with E-state index >= 15 is 0 Å². The van der Waals surface area contributed by atoms with Gasteiger partial charge in [-0.3, -0.25) is 4.79 Å². The number of carbonyl (C=O) groups is 1. The Morgan fingerprint density at radius 2 is 1.47 bits per heavy atom. The van der Waals surface area contributed by atoms with Crippen molar-refractivity contribution in [1.82, 2.24) is 0 Å². The molecule has 0 bridgehead atoms. The average molecular weight is 256 g/mol. The fourth-order valence-corrected chi connectivity index (χ4v) is 2.06. The standard InChI is InChI=1S/C18H24O/c1-13(19)8-9-14-10-11-15(17(2,3)4)16(12-14)18(5,6)7/h10-12H,1-7H3. The molecule has 0 saturated carbocycles. The van der Waals surface area contributed by atoms with Crippen molar-refractivity contribution in [2.75, 3.05) is 0 Å². The van der Waals surface area contributed by atoms with E-state index in [-0.39, 0.29) is 16.6 Å². The van der Waals surface area contributed by atoms with Crippen LogP contribution in [0.5, 0.6) is 0 Å². The summed E-state index contributed by atoms with van der Waals surface area (Å²) in [4.78, 5) is 11.0. The molecule has 0 aliphatic heterocycles. The van der Waals surface area contributed by atoms with Gasteiger partial charge >= 0.3 is 0 Å². The molecular formula is C18H24O. The van der Waals surface area contributed by atoms with Gasteiger partial charge in [-0.1, -0.05) is 53.5 Å². The zero-order valence-corrected chi connectivity index (χ0v) is 13.1. The van der Waals surface area contributed by atoms with Crippen LogP contribution in [0.4, 0.5) is 0 Å². The van der Waals surface area contributed by atoms with Crippen LogP contribution in [0.2, 0.25) is 0 Å². The summed E-state index contributed by atoms with van der Waals surface area (Å²) in [5, 5.41) is 0. The van der Waals surface area contributed by atoms with Gasteiger partial charge in [-0.2, -0.15) is 0 Å². The summed E-state index contributed by atoms with van der Waals surface area (Å²) in [6.07, 6.45) is 0. The smallest absolute Gasteiger partial charge is 0.202 e. The van der Waals surface area contributed by atoms with E-state index in [2.05, 4.69) is 65.5 Å². The molecule has 1 rings (SSSR count). The first-order valence-corrected chi connectivity index (χ1v) is 6.69. The Morgan fingerprint density at radius 1 is 0.947 bits per heavy atom. The Balaban J connectivity index is 3.42. The maximum Gasteiger partial charge on any atom is 0.202 e. The van der Waals surface area contributed by atoms with E-state index in [0.29, 0.717) is 0 Å². The van der Waals surface area contributed by atoms with E-state index in [1.165, 1.54) is 18.1 Å². The van der Waals surface area contributed by atoms with Crippen molar-refractivity contribution in [2.24, 2.45) is 0 Å². The van der Waals surface area contributed by atoms with E-state index in [0.717, 1.165) is 5.56 Å². The van der Waals surface area contributed by atoms with E-state index < -0.39 is 0 Å². The van der Waals surface area contributed by atoms with E-state index in [1.54, 1.807) is 0 Å². The molecular weight excluding hydrogens is 232 g/mol. The lowest BCUT2D eigenvalue weighted by Crippen LogP contribution is -2.22. The first kappa shape index (κ1) is 15.5. The minimum absolute atomic E-state index is 0.0660. The average Bonchev–Trinajstić information content (AvgIpc) is 2.23. The lowest BCUT2D eigenvalue weighted by atomic mass is 9.75. The molecule has 0 radical (unpaired) electrons. The molecule has 1 aromatic rings. The summed E-state index contributed by atoms with van der Waals surface area (Å²) < 4.78 is 0. The highest BCUT2D eigenvalue weighted by atomic mass is 16.1. The predicted octanol–water partition coefficient (Wildman–Crippen LogP) is 4.22. The first-order valence-electron chi connectivity index (χ1n) is 6.69. The fraction of sp³-hybridized carbons (Fsp3) is 0.500. The Bertz CT molecular complexity index is 540. The molecule has 1 nitrogen and oxygen atoms in total. The molecule has 0 spiro atoms. The van der Waals surface area contributed by atoms with Crippen LogP contribution >= 0.6 is 0 Å². The van der Waals surface area contributed by atoms with Crippen LogP contribution < -0.4 is 0 Å². The molecule has 0 amide bonds. The van der Waals surface area contributed by atoms with Crippen molar-refractivity contribution in [3.05, 3.63) is 34.9 Å². The van der Waals surface area contributed by atoms with E-state index in [4.69, 9.17) is 0 Å².